The first-order valence-electron chi connectivity index (χ1n) is 10.1. The van der Waals surface area contributed by atoms with Gasteiger partial charge in [0.25, 0.3) is 0 Å². The average Bonchev–Trinajstić information content (AvgIpc) is 2.86. The first-order chi connectivity index (χ1) is 16.1. The highest BCUT2D eigenvalue weighted by atomic mass is 35.5. The molecule has 0 aliphatic carbocycles. The summed E-state index contributed by atoms with van der Waals surface area (Å²) < 4.78 is 3.01. The minimum absolute atomic E-state index is 0.249. The Balaban J connectivity index is 1.60. The number of rotatable bonds is 6. The maximum Gasteiger partial charge on any atom is 0.226 e. The van der Waals surface area contributed by atoms with Crippen molar-refractivity contribution < 1.29 is 5.21 Å². The van der Waals surface area contributed by atoms with Crippen LogP contribution in [0.4, 0.5) is 0 Å². The molecule has 0 amide bonds. The minimum Gasteiger partial charge on any atom is -0.295 e. The van der Waals surface area contributed by atoms with Crippen LogP contribution in [0.15, 0.2) is 101 Å². The van der Waals surface area contributed by atoms with Crippen molar-refractivity contribution in [2.45, 2.75) is 11.4 Å². The van der Waals surface area contributed by atoms with Gasteiger partial charge in [0.1, 0.15) is 0 Å². The molecule has 1 aromatic heterocycles. The average molecular weight is 495 g/mol. The lowest BCUT2D eigenvalue weighted by atomic mass is 9.98. The van der Waals surface area contributed by atoms with E-state index >= 15 is 0 Å². The van der Waals surface area contributed by atoms with Crippen LogP contribution in [0.3, 0.4) is 0 Å². The summed E-state index contributed by atoms with van der Waals surface area (Å²) in [6, 6.07) is 27.0. The van der Waals surface area contributed by atoms with Crippen molar-refractivity contribution >= 4 is 41.1 Å². The highest BCUT2D eigenvalue weighted by Gasteiger charge is 2.11. The first kappa shape index (κ1) is 23.1. The number of pyridine rings is 1. The Morgan fingerprint density at radius 3 is 2.15 bits per heavy atom. The molecule has 0 spiro atoms. The molecule has 0 saturated heterocycles. The van der Waals surface area contributed by atoms with Gasteiger partial charge in [0.05, 0.1) is 12.2 Å². The highest BCUT2D eigenvalue weighted by molar-refractivity contribution is 7.98. The van der Waals surface area contributed by atoms with Gasteiger partial charge in [-0.25, -0.2) is 10.5 Å². The molecule has 3 aromatic carbocycles. The molecule has 0 fully saturated rings. The predicted molar refractivity (Wildman–Crippen MR) is 137 cm³/mol. The molecule has 8 heteroatoms. The zero-order valence-corrected chi connectivity index (χ0v) is 19.7. The summed E-state index contributed by atoms with van der Waals surface area (Å²) in [5.41, 5.74) is 6.72. The minimum atomic E-state index is 0.249. The fourth-order valence-corrected chi connectivity index (χ4v) is 4.01. The maximum absolute atomic E-state index is 9.46. The number of nitrogens with one attached hydrogen (secondary N) is 2. The van der Waals surface area contributed by atoms with Crippen molar-refractivity contribution in [1.82, 2.24) is 15.2 Å². The van der Waals surface area contributed by atoms with Crippen LogP contribution in [-0.2, 0) is 6.54 Å². The lowest BCUT2D eigenvalue weighted by molar-refractivity contribution is 0.231. The number of hydroxylamine groups is 1. The van der Waals surface area contributed by atoms with Gasteiger partial charge in [0, 0.05) is 32.3 Å². The van der Waals surface area contributed by atoms with Crippen molar-refractivity contribution in [3.63, 3.8) is 0 Å². The SMILES string of the molecule is ONC(=NCc1cnc(-c2ccc(Cl)cc2)c(-c2ccc(Cl)cc2)c1)NSc1ccccc1. The third-order valence-electron chi connectivity index (χ3n) is 4.75. The number of aliphatic imine (C=N–C) groups is 1. The van der Waals surface area contributed by atoms with Crippen LogP contribution in [-0.4, -0.2) is 16.2 Å². The van der Waals surface area contributed by atoms with E-state index < -0.39 is 0 Å². The topological polar surface area (TPSA) is 69.5 Å². The highest BCUT2D eigenvalue weighted by Crippen LogP contribution is 2.32. The van der Waals surface area contributed by atoms with Crippen LogP contribution < -0.4 is 10.2 Å². The second-order valence-electron chi connectivity index (χ2n) is 7.05. The van der Waals surface area contributed by atoms with Crippen molar-refractivity contribution in [3.05, 3.63) is 107 Å². The summed E-state index contributed by atoms with van der Waals surface area (Å²) >= 11 is 13.5. The summed E-state index contributed by atoms with van der Waals surface area (Å²) in [5.74, 6) is 0.249. The van der Waals surface area contributed by atoms with Gasteiger partial charge in [-0.1, -0.05) is 65.7 Å². The molecule has 4 aromatic rings. The lowest BCUT2D eigenvalue weighted by Crippen LogP contribution is -2.30. The third kappa shape index (κ3) is 6.27. The second kappa shape index (κ2) is 11.2. The number of nitrogens with zero attached hydrogens (tertiary/aromatic N) is 2. The first-order valence-corrected chi connectivity index (χ1v) is 11.6. The molecule has 3 N–H and O–H groups in total. The van der Waals surface area contributed by atoms with Crippen LogP contribution in [0, 0.1) is 0 Å². The van der Waals surface area contributed by atoms with E-state index in [2.05, 4.69) is 15.2 Å². The molecule has 1 heterocycles. The van der Waals surface area contributed by atoms with E-state index in [4.69, 9.17) is 28.2 Å². The number of halogens is 2. The molecule has 4 rings (SSSR count). The van der Waals surface area contributed by atoms with Crippen LogP contribution >= 0.6 is 35.1 Å². The van der Waals surface area contributed by atoms with Crippen molar-refractivity contribution in [3.8, 4) is 22.4 Å². The molecule has 0 atom stereocenters. The molecule has 0 saturated carbocycles. The van der Waals surface area contributed by atoms with Gasteiger partial charge < -0.3 is 0 Å². The van der Waals surface area contributed by atoms with E-state index in [1.807, 2.05) is 84.9 Å². The van der Waals surface area contributed by atoms with Crippen LogP contribution in [0.25, 0.3) is 22.4 Å². The Morgan fingerprint density at radius 2 is 1.52 bits per heavy atom. The van der Waals surface area contributed by atoms with Gasteiger partial charge in [-0.2, -0.15) is 0 Å². The van der Waals surface area contributed by atoms with Crippen LogP contribution in [0.1, 0.15) is 5.56 Å². The number of hydrogen-bond acceptors (Lipinski definition) is 4. The second-order valence-corrected chi connectivity index (χ2v) is 8.80. The van der Waals surface area contributed by atoms with Gasteiger partial charge >= 0.3 is 0 Å². The van der Waals surface area contributed by atoms with E-state index in [9.17, 15) is 5.21 Å². The van der Waals surface area contributed by atoms with Crippen LogP contribution in [0.5, 0.6) is 0 Å². The zero-order chi connectivity index (χ0) is 23.0. The fraction of sp³-hybridized carbons (Fsp3) is 0.0400. The molecule has 0 unspecified atom stereocenters. The Hall–Kier alpha value is -3.03. The smallest absolute Gasteiger partial charge is 0.226 e. The normalized spacial score (nSPS) is 11.3. The lowest BCUT2D eigenvalue weighted by Gasteiger charge is -2.12. The Bertz CT molecular complexity index is 1230. The van der Waals surface area contributed by atoms with E-state index in [1.54, 1.807) is 6.20 Å². The van der Waals surface area contributed by atoms with Crippen molar-refractivity contribution in [2.24, 2.45) is 4.99 Å². The van der Waals surface area contributed by atoms with E-state index in [0.717, 1.165) is 32.8 Å². The summed E-state index contributed by atoms with van der Waals surface area (Å²) in [4.78, 5) is 10.2. The van der Waals surface area contributed by atoms with Crippen molar-refractivity contribution in [1.29, 1.82) is 0 Å². The molecule has 0 radical (unpaired) electrons. The van der Waals surface area contributed by atoms with Gasteiger partial charge in [0.15, 0.2) is 0 Å². The Kier molecular flexibility index (Phi) is 7.86. The summed E-state index contributed by atoms with van der Waals surface area (Å²) in [6.45, 7) is 0.319. The monoisotopic (exact) mass is 494 g/mol. The largest absolute Gasteiger partial charge is 0.295 e. The van der Waals surface area contributed by atoms with E-state index in [1.165, 1.54) is 11.9 Å². The van der Waals surface area contributed by atoms with E-state index in [0.29, 0.717) is 16.6 Å². The Labute approximate surface area is 206 Å². The van der Waals surface area contributed by atoms with Crippen molar-refractivity contribution in [2.75, 3.05) is 0 Å². The standard InChI is InChI=1S/C25H20Cl2N4OS/c26-20-10-6-18(7-11-20)23-14-17(15-28-24(23)19-8-12-21(27)13-9-19)16-29-25(30-32)31-33-22-4-2-1-3-5-22/h1-15,32H,16H2,(H2,29,30,31). The van der Waals surface area contributed by atoms with Gasteiger partial charge in [-0.3, -0.25) is 14.9 Å². The maximum atomic E-state index is 9.46. The summed E-state index contributed by atoms with van der Waals surface area (Å²) in [5, 5.41) is 10.8. The van der Waals surface area contributed by atoms with Gasteiger partial charge in [0.2, 0.25) is 5.96 Å². The number of hydrogen-bond donors (Lipinski definition) is 3. The molecule has 166 valence electrons. The van der Waals surface area contributed by atoms with Crippen LogP contribution in [0.2, 0.25) is 10.0 Å². The summed E-state index contributed by atoms with van der Waals surface area (Å²) in [7, 11) is 0. The third-order valence-corrected chi connectivity index (χ3v) is 6.06. The number of aromatic nitrogens is 1. The fourth-order valence-electron chi connectivity index (χ4n) is 3.14. The number of guanidine groups is 1. The molecule has 0 aliphatic rings. The predicted octanol–water partition coefficient (Wildman–Crippen LogP) is 6.85. The van der Waals surface area contributed by atoms with E-state index in [-0.39, 0.29) is 5.96 Å². The summed E-state index contributed by atoms with van der Waals surface area (Å²) in [6.07, 6.45) is 1.78. The Morgan fingerprint density at radius 1 is 0.879 bits per heavy atom. The molecule has 33 heavy (non-hydrogen) atoms. The van der Waals surface area contributed by atoms with Gasteiger partial charge in [-0.05, 0) is 65.5 Å². The quantitative estimate of drug-likeness (QED) is 0.118. The molecule has 0 aliphatic heterocycles. The molecule has 5 nitrogen and oxygen atoms in total. The molecular formula is C25H20Cl2N4OS. The molecule has 0 bridgehead atoms. The number of benzene rings is 3. The zero-order valence-electron chi connectivity index (χ0n) is 17.4. The van der Waals surface area contributed by atoms with Gasteiger partial charge in [-0.15, -0.1) is 0 Å². The molecular weight excluding hydrogens is 475 g/mol.